The van der Waals surface area contributed by atoms with Gasteiger partial charge in [-0.3, -0.25) is 4.98 Å². The van der Waals surface area contributed by atoms with Crippen LogP contribution in [0.25, 0.3) is 0 Å². The average molecular weight is 587 g/mol. The fourth-order valence-electron chi connectivity index (χ4n) is 4.21. The summed E-state index contributed by atoms with van der Waals surface area (Å²) >= 11 is 3.53. The number of nitrogens with zero attached hydrogens (tertiary/aromatic N) is 2. The van der Waals surface area contributed by atoms with Crippen molar-refractivity contribution in [3.05, 3.63) is 114 Å². The first kappa shape index (κ1) is 34.1. The van der Waals surface area contributed by atoms with Crippen molar-refractivity contribution in [3.63, 3.8) is 0 Å². The molecule has 5 N–H and O–H groups in total. The molecule has 8 heteroatoms. The van der Waals surface area contributed by atoms with Crippen molar-refractivity contribution < 1.29 is 15.0 Å². The third-order valence-corrected chi connectivity index (χ3v) is 7.14. The molecule has 7 nitrogen and oxygen atoms in total. The topological polar surface area (TPSA) is 132 Å². The monoisotopic (exact) mass is 586 g/mol. The number of hydrogen-bond acceptors (Lipinski definition) is 7. The van der Waals surface area contributed by atoms with Crippen molar-refractivity contribution in [2.75, 3.05) is 17.3 Å². The Morgan fingerprint density at radius 1 is 1.21 bits per heavy atom. The van der Waals surface area contributed by atoms with Gasteiger partial charge >= 0.3 is 5.97 Å². The number of aliphatic hydroxyl groups is 1. The highest BCUT2D eigenvalue weighted by Gasteiger charge is 2.35. The zero-order valence-corrected chi connectivity index (χ0v) is 25.5. The molecule has 1 heterocycles. The number of pyridine rings is 1. The lowest BCUT2D eigenvalue weighted by Gasteiger charge is -2.28. The summed E-state index contributed by atoms with van der Waals surface area (Å²) in [6.45, 7) is 7.91. The van der Waals surface area contributed by atoms with Crippen molar-refractivity contribution in [1.82, 2.24) is 4.98 Å². The quantitative estimate of drug-likeness (QED) is 0.0696. The lowest BCUT2D eigenvalue weighted by Crippen LogP contribution is -2.28. The molecule has 0 radical (unpaired) electrons. The summed E-state index contributed by atoms with van der Waals surface area (Å²) in [6, 6.07) is 21.8. The van der Waals surface area contributed by atoms with E-state index in [1.54, 1.807) is 36.7 Å². The van der Waals surface area contributed by atoms with Crippen LogP contribution in [-0.4, -0.2) is 27.4 Å². The first-order valence-corrected chi connectivity index (χ1v) is 14.9. The number of nitrogens with two attached hydrogens (primary N) is 1. The van der Waals surface area contributed by atoms with Crippen LogP contribution in [0.1, 0.15) is 62.8 Å². The van der Waals surface area contributed by atoms with Crippen LogP contribution >= 0.6 is 12.6 Å². The van der Waals surface area contributed by atoms with Crippen LogP contribution in [0.4, 0.5) is 11.4 Å². The van der Waals surface area contributed by atoms with Crippen molar-refractivity contribution in [2.45, 2.75) is 51.6 Å². The fourth-order valence-corrected chi connectivity index (χ4v) is 4.21. The van der Waals surface area contributed by atoms with Crippen molar-refractivity contribution >= 4 is 30.0 Å². The Kier molecular flexibility index (Phi) is 13.8. The number of nitrogens with one attached hydrogen (secondary N) is 1. The zero-order valence-electron chi connectivity index (χ0n) is 24.6. The van der Waals surface area contributed by atoms with Gasteiger partial charge in [-0.1, -0.05) is 63.1 Å². The van der Waals surface area contributed by atoms with E-state index in [2.05, 4.69) is 29.5 Å². The summed E-state index contributed by atoms with van der Waals surface area (Å²) in [5, 5.41) is 32.1. The molecule has 1 aliphatic carbocycles. The van der Waals surface area contributed by atoms with Crippen molar-refractivity contribution in [1.29, 1.82) is 5.26 Å². The molecule has 222 valence electrons. The number of thiol groups is 1. The maximum atomic E-state index is 11.3. The number of carbonyl (C=O) groups is 1. The summed E-state index contributed by atoms with van der Waals surface area (Å²) < 4.78 is 0. The normalized spacial score (nSPS) is 14.4. The number of carboxylic acid groups (broad SMARTS) is 1. The van der Waals surface area contributed by atoms with Gasteiger partial charge in [-0.25, -0.2) is 4.79 Å². The second kappa shape index (κ2) is 17.0. The first-order chi connectivity index (χ1) is 20.2. The van der Waals surface area contributed by atoms with Gasteiger partial charge in [0.2, 0.25) is 0 Å². The van der Waals surface area contributed by atoms with E-state index in [4.69, 9.17) is 11.0 Å². The molecule has 0 bridgehead atoms. The van der Waals surface area contributed by atoms with Crippen LogP contribution < -0.4 is 11.1 Å². The second-order valence-corrected chi connectivity index (χ2v) is 10.2. The number of carboxylic acids is 1. The highest BCUT2D eigenvalue weighted by molar-refractivity contribution is 7.79. The van der Waals surface area contributed by atoms with Gasteiger partial charge in [0.05, 0.1) is 17.3 Å². The highest BCUT2D eigenvalue weighted by Crippen LogP contribution is 2.40. The first-order valence-electron chi connectivity index (χ1n) is 14.0. The van der Waals surface area contributed by atoms with E-state index in [1.807, 2.05) is 62.4 Å². The summed E-state index contributed by atoms with van der Waals surface area (Å²) in [4.78, 5) is 15.6. The SMILES string of the molecule is C=C(/C=C(\Nc1cccc(C#N)c1)C(=O)O)C(C)CC.CS.Nc1cccc(C(O)(CCC2CC2)c2ccccn2)c1. The number of nitrogen functional groups attached to an aromatic ring is 1. The molecule has 2 unspecified atom stereocenters. The fraction of sp³-hybridized carbons (Fsp3) is 0.324. The zero-order chi connectivity index (χ0) is 31.1. The standard InChI is InChI=1S/C17H20N2O.C16H18N2O2.CH4S/c18-15-5-3-4-14(12-15)17(20,10-9-13-7-8-13)16-6-1-2-11-19-16;1-4-11(2)12(3)8-15(16(19)20)18-14-7-5-6-13(9-14)10-17;1-2/h1-6,11-13,20H,7-10,18H2;5-9,11,18H,3-4H2,1-2H3,(H,19,20);2H,1H3/b;15-8-;. The average Bonchev–Trinajstić information content (AvgIpc) is 3.85. The Labute approximate surface area is 255 Å². The molecule has 3 aromatic rings. The molecule has 2 atom stereocenters. The van der Waals surface area contributed by atoms with Gasteiger partial charge in [0, 0.05) is 17.6 Å². The molecule has 1 saturated carbocycles. The van der Waals surface area contributed by atoms with Gasteiger partial charge in [-0.2, -0.15) is 17.9 Å². The van der Waals surface area contributed by atoms with E-state index in [0.717, 1.165) is 29.9 Å². The molecule has 0 saturated heterocycles. The molecule has 2 aromatic carbocycles. The smallest absolute Gasteiger partial charge is 0.352 e. The number of rotatable bonds is 11. The molecule has 1 aliphatic rings. The van der Waals surface area contributed by atoms with Gasteiger partial charge in [0.15, 0.2) is 0 Å². The van der Waals surface area contributed by atoms with E-state index in [9.17, 15) is 15.0 Å². The van der Waals surface area contributed by atoms with E-state index in [0.29, 0.717) is 29.1 Å². The van der Waals surface area contributed by atoms with Crippen molar-refractivity contribution in [2.24, 2.45) is 11.8 Å². The lowest BCUT2D eigenvalue weighted by atomic mass is 9.84. The number of benzene rings is 2. The van der Waals surface area contributed by atoms with Crippen LogP contribution in [0.3, 0.4) is 0 Å². The maximum absolute atomic E-state index is 11.3. The Balaban J connectivity index is 0.000000277. The Bertz CT molecular complexity index is 1380. The van der Waals surface area contributed by atoms with Gasteiger partial charge in [-0.15, -0.1) is 0 Å². The number of nitriles is 1. The highest BCUT2D eigenvalue weighted by atomic mass is 32.1. The Morgan fingerprint density at radius 3 is 2.50 bits per heavy atom. The molecule has 0 spiro atoms. The number of aromatic nitrogens is 1. The van der Waals surface area contributed by atoms with Gasteiger partial charge in [0.25, 0.3) is 0 Å². The minimum atomic E-state index is -1.06. The summed E-state index contributed by atoms with van der Waals surface area (Å²) in [5.41, 5.74) is 8.87. The molecule has 42 heavy (non-hydrogen) atoms. The molecule has 4 rings (SSSR count). The Morgan fingerprint density at radius 2 is 1.93 bits per heavy atom. The van der Waals surface area contributed by atoms with Crippen molar-refractivity contribution in [3.8, 4) is 6.07 Å². The predicted octanol–water partition coefficient (Wildman–Crippen LogP) is 7.18. The van der Waals surface area contributed by atoms with Crippen LogP contribution in [-0.2, 0) is 10.4 Å². The third-order valence-electron chi connectivity index (χ3n) is 7.14. The molecule has 1 aromatic heterocycles. The third kappa shape index (κ3) is 10.4. The minimum absolute atomic E-state index is 0.0467. The second-order valence-electron chi connectivity index (χ2n) is 10.2. The van der Waals surface area contributed by atoms with Gasteiger partial charge in [-0.05, 0) is 91.5 Å². The largest absolute Gasteiger partial charge is 0.477 e. The van der Waals surface area contributed by atoms with Crippen LogP contribution in [0.2, 0.25) is 0 Å². The molecular weight excluding hydrogens is 544 g/mol. The molecule has 0 aliphatic heterocycles. The van der Waals surface area contributed by atoms with E-state index in [1.165, 1.54) is 18.9 Å². The molecular formula is C34H42N4O3S. The Hall–Kier alpha value is -4.06. The maximum Gasteiger partial charge on any atom is 0.352 e. The van der Waals surface area contributed by atoms with Gasteiger partial charge < -0.3 is 21.3 Å². The number of hydrogen-bond donors (Lipinski definition) is 5. The van der Waals surface area contributed by atoms with E-state index in [-0.39, 0.29) is 11.6 Å². The van der Waals surface area contributed by atoms with E-state index >= 15 is 0 Å². The van der Waals surface area contributed by atoms with Crippen LogP contribution in [0, 0.1) is 23.2 Å². The van der Waals surface area contributed by atoms with Crippen LogP contribution in [0.5, 0.6) is 0 Å². The summed E-state index contributed by atoms with van der Waals surface area (Å²) in [5.74, 6) is -0.0697. The lowest BCUT2D eigenvalue weighted by molar-refractivity contribution is -0.132. The number of anilines is 2. The number of allylic oxidation sites excluding steroid dienone is 2. The number of aliphatic carboxylic acids is 1. The van der Waals surface area contributed by atoms with E-state index < -0.39 is 11.6 Å². The minimum Gasteiger partial charge on any atom is -0.477 e. The predicted molar refractivity (Wildman–Crippen MR) is 174 cm³/mol. The van der Waals surface area contributed by atoms with Gasteiger partial charge in [0.1, 0.15) is 11.3 Å². The van der Waals surface area contributed by atoms with Crippen LogP contribution in [0.15, 0.2) is 96.9 Å². The molecule has 1 fully saturated rings. The molecule has 0 amide bonds. The summed E-state index contributed by atoms with van der Waals surface area (Å²) in [6.07, 6.45) is 10.1. The summed E-state index contributed by atoms with van der Waals surface area (Å²) in [7, 11) is 0.